The van der Waals surface area contributed by atoms with E-state index in [4.69, 9.17) is 10.8 Å². The Labute approximate surface area is 60.4 Å². The highest BCUT2D eigenvalue weighted by Gasteiger charge is 2.13. The molecule has 0 spiro atoms. The zero-order valence-electron chi connectivity index (χ0n) is 6.13. The Morgan fingerprint density at radius 2 is 2.40 bits per heavy atom. The van der Waals surface area contributed by atoms with Crippen molar-refractivity contribution in [2.24, 2.45) is 5.73 Å². The van der Waals surface area contributed by atoms with Gasteiger partial charge in [0.25, 0.3) is 0 Å². The van der Waals surface area contributed by atoms with Crippen LogP contribution in [0.3, 0.4) is 0 Å². The van der Waals surface area contributed by atoms with E-state index in [2.05, 4.69) is 5.32 Å². The van der Waals surface area contributed by atoms with Crippen LogP contribution in [0.25, 0.3) is 0 Å². The van der Waals surface area contributed by atoms with E-state index >= 15 is 0 Å². The number of hydrogen-bond donors (Lipinski definition) is 3. The molecule has 0 saturated carbocycles. The average molecular weight is 146 g/mol. The van der Waals surface area contributed by atoms with Crippen LogP contribution in [0.15, 0.2) is 0 Å². The Morgan fingerprint density at radius 3 is 2.70 bits per heavy atom. The van der Waals surface area contributed by atoms with Gasteiger partial charge in [0.15, 0.2) is 0 Å². The van der Waals surface area contributed by atoms with Crippen LogP contribution in [0.1, 0.15) is 13.3 Å². The van der Waals surface area contributed by atoms with E-state index in [1.807, 2.05) is 6.92 Å². The minimum Gasteiger partial charge on any atom is -0.480 e. The van der Waals surface area contributed by atoms with Gasteiger partial charge in [-0.05, 0) is 19.5 Å². The molecule has 4 heteroatoms. The van der Waals surface area contributed by atoms with E-state index in [1.54, 1.807) is 0 Å². The van der Waals surface area contributed by atoms with Gasteiger partial charge in [0, 0.05) is 0 Å². The highest BCUT2D eigenvalue weighted by Crippen LogP contribution is 1.88. The summed E-state index contributed by atoms with van der Waals surface area (Å²) in [7, 11) is 0. The second-order valence-corrected chi connectivity index (χ2v) is 2.03. The third-order valence-corrected chi connectivity index (χ3v) is 1.20. The van der Waals surface area contributed by atoms with Crippen molar-refractivity contribution in [3.8, 4) is 0 Å². The molecule has 1 unspecified atom stereocenters. The van der Waals surface area contributed by atoms with Crippen LogP contribution >= 0.6 is 0 Å². The molecule has 0 aliphatic heterocycles. The van der Waals surface area contributed by atoms with Gasteiger partial charge in [-0.25, -0.2) is 0 Å². The fourth-order valence-corrected chi connectivity index (χ4v) is 0.726. The summed E-state index contributed by atoms with van der Waals surface area (Å²) in [5, 5.41) is 11.3. The first-order valence-corrected chi connectivity index (χ1v) is 3.38. The van der Waals surface area contributed by atoms with E-state index < -0.39 is 12.0 Å². The van der Waals surface area contributed by atoms with Gasteiger partial charge < -0.3 is 16.2 Å². The molecular weight excluding hydrogens is 132 g/mol. The fourth-order valence-electron chi connectivity index (χ4n) is 0.726. The summed E-state index contributed by atoms with van der Waals surface area (Å²) in [6, 6.07) is -0.477. The number of hydrogen-bond acceptors (Lipinski definition) is 3. The van der Waals surface area contributed by atoms with Gasteiger partial charge in [-0.15, -0.1) is 0 Å². The molecular formula is C6H14N2O2. The zero-order valence-corrected chi connectivity index (χ0v) is 6.13. The Kier molecular flexibility index (Phi) is 4.88. The maximum atomic E-state index is 10.4. The summed E-state index contributed by atoms with van der Waals surface area (Å²) in [6.07, 6.45) is 0.489. The minimum atomic E-state index is -0.827. The summed E-state index contributed by atoms with van der Waals surface area (Å²) >= 11 is 0. The molecule has 4 nitrogen and oxygen atoms in total. The normalized spacial score (nSPS) is 13.0. The largest absolute Gasteiger partial charge is 0.480 e. The van der Waals surface area contributed by atoms with Gasteiger partial charge in [0.2, 0.25) is 0 Å². The van der Waals surface area contributed by atoms with Crippen molar-refractivity contribution in [1.82, 2.24) is 5.32 Å². The summed E-state index contributed by atoms with van der Waals surface area (Å²) < 4.78 is 0. The Balaban J connectivity index is 3.61. The number of nitrogens with two attached hydrogens (primary N) is 1. The Bertz CT molecular complexity index is 99.9. The SMILES string of the molecule is CCNC(CCN)C(=O)O. The van der Waals surface area contributed by atoms with Crippen molar-refractivity contribution in [2.75, 3.05) is 13.1 Å². The summed E-state index contributed by atoms with van der Waals surface area (Å²) in [5.74, 6) is -0.827. The zero-order chi connectivity index (χ0) is 7.98. The highest BCUT2D eigenvalue weighted by atomic mass is 16.4. The predicted molar refractivity (Wildman–Crippen MR) is 38.8 cm³/mol. The van der Waals surface area contributed by atoms with Gasteiger partial charge in [0.05, 0.1) is 0 Å². The number of carboxylic acid groups (broad SMARTS) is 1. The number of nitrogens with one attached hydrogen (secondary N) is 1. The van der Waals surface area contributed by atoms with E-state index in [1.165, 1.54) is 0 Å². The molecule has 0 aromatic carbocycles. The number of carbonyl (C=O) groups is 1. The molecule has 0 aromatic heterocycles. The van der Waals surface area contributed by atoms with E-state index in [-0.39, 0.29) is 0 Å². The van der Waals surface area contributed by atoms with E-state index in [9.17, 15) is 4.79 Å². The van der Waals surface area contributed by atoms with Crippen molar-refractivity contribution in [3.05, 3.63) is 0 Å². The number of carboxylic acids is 1. The third-order valence-electron chi connectivity index (χ3n) is 1.20. The van der Waals surface area contributed by atoms with Gasteiger partial charge in [-0.2, -0.15) is 0 Å². The smallest absolute Gasteiger partial charge is 0.320 e. The molecule has 0 saturated heterocycles. The lowest BCUT2D eigenvalue weighted by Crippen LogP contribution is -2.38. The maximum absolute atomic E-state index is 10.4. The molecule has 0 heterocycles. The molecule has 4 N–H and O–H groups in total. The molecule has 0 aromatic rings. The molecule has 10 heavy (non-hydrogen) atoms. The van der Waals surface area contributed by atoms with Gasteiger partial charge in [-0.3, -0.25) is 4.79 Å². The van der Waals surface area contributed by atoms with Crippen molar-refractivity contribution in [3.63, 3.8) is 0 Å². The van der Waals surface area contributed by atoms with Crippen molar-refractivity contribution in [2.45, 2.75) is 19.4 Å². The lowest BCUT2D eigenvalue weighted by molar-refractivity contribution is -0.139. The van der Waals surface area contributed by atoms with Crippen LogP contribution in [0, 0.1) is 0 Å². The van der Waals surface area contributed by atoms with Gasteiger partial charge in [-0.1, -0.05) is 6.92 Å². The van der Waals surface area contributed by atoms with Crippen LogP contribution in [0.4, 0.5) is 0 Å². The van der Waals surface area contributed by atoms with E-state index in [0.29, 0.717) is 19.5 Å². The van der Waals surface area contributed by atoms with Crippen LogP contribution in [0.2, 0.25) is 0 Å². The molecule has 0 aliphatic rings. The topological polar surface area (TPSA) is 75.3 Å². The van der Waals surface area contributed by atoms with Gasteiger partial charge in [0.1, 0.15) is 6.04 Å². The molecule has 0 bridgehead atoms. The quantitative estimate of drug-likeness (QED) is 0.484. The van der Waals surface area contributed by atoms with Crippen molar-refractivity contribution >= 4 is 5.97 Å². The lowest BCUT2D eigenvalue weighted by Gasteiger charge is -2.10. The molecule has 60 valence electrons. The molecule has 0 fully saturated rings. The standard InChI is InChI=1S/C6H14N2O2/c1-2-8-5(3-4-7)6(9)10/h5,8H,2-4,7H2,1H3,(H,9,10). The number of rotatable bonds is 5. The number of aliphatic carboxylic acids is 1. The third kappa shape index (κ3) is 3.42. The average Bonchev–Trinajstić information content (AvgIpc) is 1.87. The second kappa shape index (κ2) is 5.20. The first-order valence-electron chi connectivity index (χ1n) is 3.38. The first-order chi connectivity index (χ1) is 4.72. The molecule has 0 aliphatic carbocycles. The van der Waals surface area contributed by atoms with Gasteiger partial charge >= 0.3 is 5.97 Å². The van der Waals surface area contributed by atoms with Crippen LogP contribution < -0.4 is 11.1 Å². The molecule has 0 radical (unpaired) electrons. The Morgan fingerprint density at radius 1 is 1.80 bits per heavy atom. The lowest BCUT2D eigenvalue weighted by atomic mass is 10.2. The summed E-state index contributed by atoms with van der Waals surface area (Å²) in [4.78, 5) is 10.4. The summed E-state index contributed by atoms with van der Waals surface area (Å²) in [6.45, 7) is 2.94. The molecule has 0 amide bonds. The van der Waals surface area contributed by atoms with Crippen LogP contribution in [-0.2, 0) is 4.79 Å². The van der Waals surface area contributed by atoms with Crippen LogP contribution in [0.5, 0.6) is 0 Å². The monoisotopic (exact) mass is 146 g/mol. The first kappa shape index (κ1) is 9.39. The summed E-state index contributed by atoms with van der Waals surface area (Å²) in [5.41, 5.74) is 5.19. The van der Waals surface area contributed by atoms with Crippen molar-refractivity contribution in [1.29, 1.82) is 0 Å². The number of likely N-dealkylation sites (N-methyl/N-ethyl adjacent to an activating group) is 1. The maximum Gasteiger partial charge on any atom is 0.320 e. The fraction of sp³-hybridized carbons (Fsp3) is 0.833. The predicted octanol–water partition coefficient (Wildman–Crippen LogP) is -0.602. The highest BCUT2D eigenvalue weighted by molar-refractivity contribution is 5.73. The molecule has 0 rings (SSSR count). The van der Waals surface area contributed by atoms with Crippen molar-refractivity contribution < 1.29 is 9.90 Å². The minimum absolute atomic E-state index is 0.407. The van der Waals surface area contributed by atoms with E-state index in [0.717, 1.165) is 0 Å². The molecule has 1 atom stereocenters. The van der Waals surface area contributed by atoms with Crippen LogP contribution in [-0.4, -0.2) is 30.2 Å². The second-order valence-electron chi connectivity index (χ2n) is 2.03. The Hall–Kier alpha value is -0.610.